The lowest BCUT2D eigenvalue weighted by Gasteiger charge is -2.07. The second kappa shape index (κ2) is 8.09. The maximum Gasteiger partial charge on any atom is 0.442 e. The average molecular weight is 401 g/mol. The molecule has 0 bridgehead atoms. The SMILES string of the molecule is Cc1ccc(-[n+]2[nH]oc(=O)c2SCC(=O)Nc2ccc([N+](=O)[O-])cc2C)cc1. The molecule has 3 aromatic rings. The first-order chi connectivity index (χ1) is 13.3. The van der Waals surface area contributed by atoms with Crippen molar-refractivity contribution in [2.24, 2.45) is 0 Å². The second-order valence-electron chi connectivity index (χ2n) is 6.05. The summed E-state index contributed by atoms with van der Waals surface area (Å²) >= 11 is 1.03. The molecule has 0 aliphatic heterocycles. The van der Waals surface area contributed by atoms with Crippen LogP contribution in [0, 0.1) is 24.0 Å². The van der Waals surface area contributed by atoms with E-state index in [1.807, 2.05) is 31.2 Å². The normalized spacial score (nSPS) is 10.6. The van der Waals surface area contributed by atoms with E-state index in [0.717, 1.165) is 17.3 Å². The number of aryl methyl sites for hydroxylation is 2. The number of aromatic amines is 1. The lowest BCUT2D eigenvalue weighted by molar-refractivity contribution is -0.704. The molecule has 144 valence electrons. The maximum absolute atomic E-state index is 12.3. The molecule has 0 radical (unpaired) electrons. The van der Waals surface area contributed by atoms with Gasteiger partial charge in [-0.25, -0.2) is 4.79 Å². The predicted octanol–water partition coefficient (Wildman–Crippen LogP) is 2.50. The predicted molar refractivity (Wildman–Crippen MR) is 103 cm³/mol. The fraction of sp³-hybridized carbons (Fsp3) is 0.167. The van der Waals surface area contributed by atoms with E-state index in [-0.39, 0.29) is 22.4 Å². The summed E-state index contributed by atoms with van der Waals surface area (Å²) in [6.45, 7) is 3.62. The van der Waals surface area contributed by atoms with Crippen molar-refractivity contribution in [1.82, 2.24) is 5.27 Å². The van der Waals surface area contributed by atoms with Crippen LogP contribution in [0.25, 0.3) is 5.69 Å². The van der Waals surface area contributed by atoms with Crippen molar-refractivity contribution in [3.63, 3.8) is 0 Å². The molecule has 0 atom stereocenters. The van der Waals surface area contributed by atoms with Gasteiger partial charge < -0.3 is 5.32 Å². The summed E-state index contributed by atoms with van der Waals surface area (Å²) in [4.78, 5) is 34.5. The summed E-state index contributed by atoms with van der Waals surface area (Å²) in [5.74, 6) is -0.386. The van der Waals surface area contributed by atoms with Gasteiger partial charge in [0.05, 0.1) is 10.7 Å². The monoisotopic (exact) mass is 401 g/mol. The third-order valence-electron chi connectivity index (χ3n) is 3.93. The average Bonchev–Trinajstić information content (AvgIpc) is 3.02. The molecule has 2 N–H and O–H groups in total. The number of thioether (sulfide) groups is 1. The number of rotatable bonds is 6. The number of benzene rings is 2. The van der Waals surface area contributed by atoms with Crippen LogP contribution in [0.4, 0.5) is 11.4 Å². The van der Waals surface area contributed by atoms with Crippen LogP contribution < -0.4 is 15.6 Å². The van der Waals surface area contributed by atoms with Crippen molar-refractivity contribution in [1.29, 1.82) is 0 Å². The minimum Gasteiger partial charge on any atom is -0.325 e. The van der Waals surface area contributed by atoms with Gasteiger partial charge >= 0.3 is 10.7 Å². The lowest BCUT2D eigenvalue weighted by Crippen LogP contribution is -2.36. The molecule has 0 aliphatic rings. The molecule has 0 unspecified atom stereocenters. The van der Waals surface area contributed by atoms with Crippen molar-refractivity contribution in [2.75, 3.05) is 11.1 Å². The van der Waals surface area contributed by atoms with Crippen LogP contribution in [0.1, 0.15) is 11.1 Å². The van der Waals surface area contributed by atoms with Crippen LogP contribution in [-0.4, -0.2) is 21.9 Å². The highest BCUT2D eigenvalue weighted by molar-refractivity contribution is 7.99. The largest absolute Gasteiger partial charge is 0.442 e. The number of aromatic nitrogens is 2. The first-order valence-electron chi connectivity index (χ1n) is 8.23. The van der Waals surface area contributed by atoms with E-state index < -0.39 is 10.5 Å². The van der Waals surface area contributed by atoms with E-state index in [4.69, 9.17) is 4.52 Å². The Labute approximate surface area is 163 Å². The van der Waals surface area contributed by atoms with Gasteiger partial charge in [-0.15, -0.1) is 0 Å². The summed E-state index contributed by atoms with van der Waals surface area (Å²) in [6, 6.07) is 11.6. The summed E-state index contributed by atoms with van der Waals surface area (Å²) in [6.07, 6.45) is 0. The minimum atomic E-state index is -0.579. The molecule has 0 fully saturated rings. The van der Waals surface area contributed by atoms with Gasteiger partial charge in [0.1, 0.15) is 0 Å². The molecule has 0 aliphatic carbocycles. The Morgan fingerprint density at radius 2 is 1.96 bits per heavy atom. The van der Waals surface area contributed by atoms with Gasteiger partial charge in [0.2, 0.25) is 11.6 Å². The van der Waals surface area contributed by atoms with E-state index in [0.29, 0.717) is 16.9 Å². The van der Waals surface area contributed by atoms with Crippen LogP contribution in [0.2, 0.25) is 0 Å². The standard InChI is InChI=1S/C18H16N4O5S/c1-11-3-5-13(6-4-11)21-17(18(24)27-20-21)28-10-16(23)19-15-8-7-14(22(25)26)9-12(15)2/h3-9H,10H2,1-2H3,(H-,19,20,23,24)/p+1. The number of carbonyl (C=O) groups excluding carboxylic acids is 1. The van der Waals surface area contributed by atoms with Crippen LogP contribution >= 0.6 is 11.8 Å². The van der Waals surface area contributed by atoms with Gasteiger partial charge in [0.25, 0.3) is 5.69 Å². The van der Waals surface area contributed by atoms with Crippen molar-refractivity contribution in [3.05, 3.63) is 74.1 Å². The van der Waals surface area contributed by atoms with Gasteiger partial charge in [-0.05, 0) is 47.2 Å². The number of nitrogens with one attached hydrogen (secondary N) is 2. The van der Waals surface area contributed by atoms with Crippen molar-refractivity contribution < 1.29 is 18.9 Å². The van der Waals surface area contributed by atoms with E-state index >= 15 is 0 Å². The Morgan fingerprint density at radius 3 is 2.61 bits per heavy atom. The highest BCUT2D eigenvalue weighted by atomic mass is 32.2. The second-order valence-corrected chi connectivity index (χ2v) is 7.01. The minimum absolute atomic E-state index is 0.0368. The first-order valence-corrected chi connectivity index (χ1v) is 9.22. The third kappa shape index (κ3) is 4.29. The Hall–Kier alpha value is -3.40. The van der Waals surface area contributed by atoms with E-state index in [1.165, 1.54) is 22.9 Å². The van der Waals surface area contributed by atoms with Crippen molar-refractivity contribution in [2.45, 2.75) is 18.9 Å². The number of amides is 1. The van der Waals surface area contributed by atoms with Crippen molar-refractivity contribution in [3.8, 4) is 5.69 Å². The van der Waals surface area contributed by atoms with Gasteiger partial charge in [0, 0.05) is 30.0 Å². The van der Waals surface area contributed by atoms with Gasteiger partial charge in [-0.3, -0.25) is 19.4 Å². The maximum atomic E-state index is 12.3. The third-order valence-corrected chi connectivity index (χ3v) is 4.96. The number of nitro benzene ring substituents is 1. The smallest absolute Gasteiger partial charge is 0.325 e. The number of nitrogens with zero attached hydrogens (tertiary/aromatic N) is 2. The van der Waals surface area contributed by atoms with Gasteiger partial charge in [0.15, 0.2) is 0 Å². The number of carbonyl (C=O) groups is 1. The number of nitro groups is 1. The topological polar surface area (TPSA) is 122 Å². The number of H-pyrrole nitrogens is 1. The molecule has 1 aromatic heterocycles. The molecular weight excluding hydrogens is 384 g/mol. The molecule has 0 saturated carbocycles. The van der Waals surface area contributed by atoms with Crippen LogP contribution in [0.15, 0.2) is 56.8 Å². The zero-order valence-electron chi connectivity index (χ0n) is 15.1. The highest BCUT2D eigenvalue weighted by Gasteiger charge is 2.25. The molecule has 1 heterocycles. The summed E-state index contributed by atoms with van der Waals surface area (Å²) in [5.41, 5.74) is 2.19. The lowest BCUT2D eigenvalue weighted by atomic mass is 10.2. The molecule has 3 rings (SSSR count). The van der Waals surface area contributed by atoms with E-state index in [9.17, 15) is 19.7 Å². The molecule has 2 aromatic carbocycles. The summed E-state index contributed by atoms with van der Waals surface area (Å²) < 4.78 is 6.32. The summed E-state index contributed by atoms with van der Waals surface area (Å²) in [5, 5.41) is 16.2. The fourth-order valence-corrected chi connectivity index (χ4v) is 3.24. The Morgan fingerprint density at radius 1 is 1.25 bits per heavy atom. The van der Waals surface area contributed by atoms with E-state index in [1.54, 1.807) is 6.92 Å². The zero-order chi connectivity index (χ0) is 20.3. The molecule has 1 amide bonds. The molecule has 10 heteroatoms. The molecule has 0 spiro atoms. The van der Waals surface area contributed by atoms with Gasteiger partial charge in [-0.2, -0.15) is 0 Å². The zero-order valence-corrected chi connectivity index (χ0v) is 15.9. The van der Waals surface area contributed by atoms with Gasteiger partial charge in [-0.1, -0.05) is 17.7 Å². The van der Waals surface area contributed by atoms with Crippen LogP contribution in [0.5, 0.6) is 0 Å². The number of anilines is 1. The molecule has 0 saturated heterocycles. The fourth-order valence-electron chi connectivity index (χ4n) is 2.47. The summed E-state index contributed by atoms with van der Waals surface area (Å²) in [7, 11) is 0. The Balaban J connectivity index is 1.70. The van der Waals surface area contributed by atoms with Crippen LogP contribution in [-0.2, 0) is 4.79 Å². The van der Waals surface area contributed by atoms with Crippen LogP contribution in [0.3, 0.4) is 0 Å². The first kappa shape index (κ1) is 19.4. The Kier molecular flexibility index (Phi) is 5.59. The number of hydrogen-bond donors (Lipinski definition) is 2. The number of hydrogen-bond acceptors (Lipinski definition) is 6. The number of non-ortho nitro benzene ring substituents is 1. The molecular formula is C18H17N4O5S+. The molecule has 28 heavy (non-hydrogen) atoms. The van der Waals surface area contributed by atoms with Crippen molar-refractivity contribution >= 4 is 29.0 Å². The van der Waals surface area contributed by atoms with E-state index in [2.05, 4.69) is 10.6 Å². The quantitative estimate of drug-likeness (QED) is 0.283. The molecule has 9 nitrogen and oxygen atoms in total. The highest BCUT2D eigenvalue weighted by Crippen LogP contribution is 2.21. The Bertz CT molecular complexity index is 1090.